The summed E-state index contributed by atoms with van der Waals surface area (Å²) in [5.41, 5.74) is 22.4. The van der Waals surface area contributed by atoms with E-state index in [2.05, 4.69) is 287 Å². The van der Waals surface area contributed by atoms with Crippen LogP contribution < -0.4 is 35.3 Å². The molecule has 0 spiro atoms. The molecule has 9 aromatic carbocycles. The fourth-order valence-electron chi connectivity index (χ4n) is 12.4. The average molecular weight is 991 g/mol. The minimum atomic E-state index is -0.0503. The highest BCUT2D eigenvalue weighted by molar-refractivity contribution is 7.33. The molecule has 0 atom stereocenters. The van der Waals surface area contributed by atoms with Crippen LogP contribution in [0.5, 0.6) is 0 Å². The van der Waals surface area contributed by atoms with Crippen molar-refractivity contribution in [3.05, 3.63) is 235 Å². The van der Waals surface area contributed by atoms with Crippen LogP contribution in [-0.2, 0) is 16.2 Å². The van der Waals surface area contributed by atoms with Crippen LogP contribution in [-0.4, -0.2) is 6.71 Å². The Hall–Kier alpha value is -7.80. The summed E-state index contributed by atoms with van der Waals surface area (Å²) in [6, 6.07) is 79.0. The second-order valence-electron chi connectivity index (χ2n) is 23.4. The van der Waals surface area contributed by atoms with Gasteiger partial charge in [0.15, 0.2) is 0 Å². The Kier molecular flexibility index (Phi) is 11.1. The minimum absolute atomic E-state index is 0.0164. The zero-order valence-electron chi connectivity index (χ0n) is 44.4. The molecular formula is C69H63BN4S. The first-order chi connectivity index (χ1) is 36.2. The summed E-state index contributed by atoms with van der Waals surface area (Å²) in [5.74, 6) is 0. The Morgan fingerprint density at radius 2 is 0.893 bits per heavy atom. The normalized spacial score (nSPS) is 15.0. The molecule has 1 aromatic heterocycles. The van der Waals surface area contributed by atoms with Gasteiger partial charge in [-0.15, -0.1) is 11.3 Å². The number of nitrogens with zero attached hydrogens (tertiary/aromatic N) is 4. The van der Waals surface area contributed by atoms with E-state index >= 15 is 0 Å². The number of hydrogen-bond donors (Lipinski definition) is 0. The third-order valence-corrected chi connectivity index (χ3v) is 17.6. The van der Waals surface area contributed by atoms with Gasteiger partial charge in [0.1, 0.15) is 0 Å². The molecule has 368 valence electrons. The number of aryl methyl sites for hydroxylation is 1. The van der Waals surface area contributed by atoms with Crippen molar-refractivity contribution in [3.8, 4) is 0 Å². The number of rotatable bonds is 8. The van der Waals surface area contributed by atoms with Crippen LogP contribution in [0.1, 0.15) is 83.6 Å². The van der Waals surface area contributed by atoms with Crippen molar-refractivity contribution < 1.29 is 0 Å². The molecule has 13 rings (SSSR count). The Labute approximate surface area is 448 Å². The average Bonchev–Trinajstić information content (AvgIpc) is 4.04. The van der Waals surface area contributed by atoms with E-state index in [1.165, 1.54) is 83.6 Å². The Morgan fingerprint density at radius 3 is 1.36 bits per heavy atom. The highest BCUT2D eigenvalue weighted by atomic mass is 32.1. The van der Waals surface area contributed by atoms with Crippen molar-refractivity contribution in [3.63, 3.8) is 0 Å². The molecule has 75 heavy (non-hydrogen) atoms. The van der Waals surface area contributed by atoms with Gasteiger partial charge in [-0.05, 0) is 197 Å². The van der Waals surface area contributed by atoms with E-state index < -0.39 is 0 Å². The number of fused-ring (bicyclic) bond motifs is 7. The smallest absolute Gasteiger partial charge is 0.264 e. The summed E-state index contributed by atoms with van der Waals surface area (Å²) in [6.45, 7) is 19.2. The van der Waals surface area contributed by atoms with Crippen molar-refractivity contribution in [2.24, 2.45) is 0 Å². The monoisotopic (exact) mass is 990 g/mol. The molecule has 0 unspecified atom stereocenters. The topological polar surface area (TPSA) is 13.0 Å². The van der Waals surface area contributed by atoms with Crippen molar-refractivity contribution >= 4 is 112 Å². The molecule has 0 amide bonds. The Morgan fingerprint density at radius 1 is 0.467 bits per heavy atom. The Balaban J connectivity index is 1.05. The first-order valence-electron chi connectivity index (χ1n) is 26.7. The van der Waals surface area contributed by atoms with Gasteiger partial charge in [0.25, 0.3) is 6.71 Å². The van der Waals surface area contributed by atoms with Gasteiger partial charge in [0.05, 0.1) is 5.69 Å². The predicted molar refractivity (Wildman–Crippen MR) is 324 cm³/mol. The zero-order chi connectivity index (χ0) is 51.4. The van der Waals surface area contributed by atoms with Crippen LogP contribution in [0.25, 0.3) is 10.1 Å². The number of benzene rings is 9. The van der Waals surface area contributed by atoms with Crippen LogP contribution in [0, 0.1) is 6.92 Å². The maximum Gasteiger partial charge on any atom is 0.264 e. The predicted octanol–water partition coefficient (Wildman–Crippen LogP) is 17.9. The molecule has 0 fully saturated rings. The van der Waals surface area contributed by atoms with Crippen molar-refractivity contribution in [2.75, 3.05) is 19.6 Å². The number of hydrogen-bond acceptors (Lipinski definition) is 5. The third-order valence-electron chi connectivity index (χ3n) is 16.4. The molecule has 1 aliphatic carbocycles. The number of para-hydroxylation sites is 4. The third kappa shape index (κ3) is 7.87. The summed E-state index contributed by atoms with van der Waals surface area (Å²) in [6.07, 6.45) is 2.34. The van der Waals surface area contributed by atoms with Crippen LogP contribution in [0.2, 0.25) is 0 Å². The number of thiophene rings is 1. The first-order valence-corrected chi connectivity index (χ1v) is 27.6. The summed E-state index contributed by atoms with van der Waals surface area (Å²) in [4.78, 5) is 9.90. The van der Waals surface area contributed by atoms with Crippen LogP contribution in [0.4, 0.5) is 68.2 Å². The lowest BCUT2D eigenvalue weighted by Crippen LogP contribution is -2.60. The minimum Gasteiger partial charge on any atom is -0.311 e. The lowest BCUT2D eigenvalue weighted by Gasteiger charge is -2.44. The maximum atomic E-state index is 2.64. The molecule has 2 aliphatic heterocycles. The van der Waals surface area contributed by atoms with E-state index in [0.717, 1.165) is 45.5 Å². The lowest BCUT2D eigenvalue weighted by atomic mass is 9.36. The summed E-state index contributed by atoms with van der Waals surface area (Å²) in [7, 11) is 0. The second-order valence-corrected chi connectivity index (χ2v) is 24.5. The summed E-state index contributed by atoms with van der Waals surface area (Å²) < 4.78 is 2.77. The zero-order valence-corrected chi connectivity index (χ0v) is 45.2. The molecule has 10 aromatic rings. The molecule has 4 nitrogen and oxygen atoms in total. The van der Waals surface area contributed by atoms with Crippen LogP contribution in [0.15, 0.2) is 212 Å². The molecule has 0 saturated carbocycles. The lowest BCUT2D eigenvalue weighted by molar-refractivity contribution is 0.332. The van der Waals surface area contributed by atoms with Gasteiger partial charge in [-0.25, -0.2) is 0 Å². The summed E-state index contributed by atoms with van der Waals surface area (Å²) in [5, 5.41) is 1.35. The van der Waals surface area contributed by atoms with Gasteiger partial charge in [-0.3, -0.25) is 0 Å². The first kappa shape index (κ1) is 47.0. The fraction of sp³-hybridized carbons (Fsp3) is 0.188. The number of anilines is 12. The molecule has 6 heteroatoms. The molecule has 0 bridgehead atoms. The van der Waals surface area contributed by atoms with Crippen LogP contribution >= 0.6 is 11.3 Å². The van der Waals surface area contributed by atoms with E-state index in [9.17, 15) is 0 Å². The van der Waals surface area contributed by atoms with E-state index in [1.807, 2.05) is 11.3 Å². The molecule has 3 aliphatic rings. The van der Waals surface area contributed by atoms with Crippen molar-refractivity contribution in [1.82, 2.24) is 0 Å². The van der Waals surface area contributed by atoms with Crippen molar-refractivity contribution in [1.29, 1.82) is 0 Å². The van der Waals surface area contributed by atoms with Gasteiger partial charge in [0.2, 0.25) is 0 Å². The van der Waals surface area contributed by atoms with Gasteiger partial charge >= 0.3 is 0 Å². The van der Waals surface area contributed by atoms with Crippen molar-refractivity contribution in [2.45, 2.75) is 84.5 Å². The van der Waals surface area contributed by atoms with E-state index in [4.69, 9.17) is 0 Å². The molecule has 3 heterocycles. The van der Waals surface area contributed by atoms with E-state index in [1.54, 1.807) is 0 Å². The van der Waals surface area contributed by atoms with Gasteiger partial charge in [-0.1, -0.05) is 133 Å². The standard InChI is InChI=1S/C69H63BN4S/c1-46-41-61-64-62(42-46)74(55-36-32-53(33-37-55)72(50-25-17-11-18-26-50)51-27-19-12-20-28-51)65-56-44-57-58(69(7,8)40-39-68(57,5)6)45-63(56)75-66(65)70(64)59-43-47(67(2,3)4)29-38-60(59)73(61)54-34-30-52(31-35-54)71(48-21-13-9-14-22-48)49-23-15-10-16-24-49/h9-38,41-45H,39-40H2,1-8H3. The SMILES string of the molecule is Cc1cc2c3c(c1)N(c1ccc(N(c4ccccc4)c4ccccc4)cc1)c1c(sc4cc5c(cc14)C(C)(C)CCC5(C)C)B3c1cc(C(C)(C)C)ccc1N2c1ccc(N(c2ccccc2)c2ccccc2)cc1. The molecule has 0 saturated heterocycles. The van der Waals surface area contributed by atoms with Crippen LogP contribution in [0.3, 0.4) is 0 Å². The Bertz CT molecular complexity index is 3690. The summed E-state index contributed by atoms with van der Waals surface area (Å²) >= 11 is 2.02. The van der Waals surface area contributed by atoms with Gasteiger partial charge in [-0.2, -0.15) is 0 Å². The molecule has 0 N–H and O–H groups in total. The van der Waals surface area contributed by atoms with E-state index in [0.29, 0.717) is 0 Å². The fourth-order valence-corrected chi connectivity index (χ4v) is 13.7. The highest BCUT2D eigenvalue weighted by Gasteiger charge is 2.47. The van der Waals surface area contributed by atoms with E-state index in [-0.39, 0.29) is 23.0 Å². The molecular weight excluding hydrogens is 928 g/mol. The quantitative estimate of drug-likeness (QED) is 0.141. The van der Waals surface area contributed by atoms with Gasteiger partial charge in [0, 0.05) is 77.4 Å². The molecule has 0 radical (unpaired) electrons. The largest absolute Gasteiger partial charge is 0.311 e. The van der Waals surface area contributed by atoms with Gasteiger partial charge < -0.3 is 19.6 Å². The highest BCUT2D eigenvalue weighted by Crippen LogP contribution is 2.53. The maximum absolute atomic E-state index is 2.64. The second kappa shape index (κ2) is 17.7.